The number of carbonyl (C=O) groups is 2. The predicted octanol–water partition coefficient (Wildman–Crippen LogP) is 20.3. The largest absolute Gasteiger partial charge is 0.466 e. The molecule has 6 N–H and O–H groups in total. The Morgan fingerprint density at radius 1 is 0.416 bits per heavy atom. The number of nitrogens with one attached hydrogen (secondary N) is 1. The molecule has 0 aliphatic carbocycles. The van der Waals surface area contributed by atoms with Crippen LogP contribution in [0.4, 0.5) is 0 Å². The van der Waals surface area contributed by atoms with E-state index in [0.29, 0.717) is 19.4 Å². The van der Waals surface area contributed by atoms with E-state index in [4.69, 9.17) is 14.2 Å². The Morgan fingerprint density at radius 3 is 1.16 bits per heavy atom. The maximum Gasteiger partial charge on any atom is 0.305 e. The molecule has 0 aromatic rings. The maximum absolute atomic E-state index is 13.0. The van der Waals surface area contributed by atoms with Crippen molar-refractivity contribution < 1.29 is 49.3 Å². The minimum absolute atomic E-state index is 0.00543. The van der Waals surface area contributed by atoms with Gasteiger partial charge in [0, 0.05) is 12.8 Å². The van der Waals surface area contributed by atoms with E-state index in [2.05, 4.69) is 55.6 Å². The normalized spacial score (nSPS) is 17.9. The molecule has 0 aromatic heterocycles. The van der Waals surface area contributed by atoms with Gasteiger partial charge in [0.1, 0.15) is 24.4 Å². The third-order valence-electron chi connectivity index (χ3n) is 18.2. The van der Waals surface area contributed by atoms with Gasteiger partial charge in [-0.1, -0.05) is 319 Å². The monoisotopic (exact) mass is 1260 g/mol. The quantitative estimate of drug-likeness (QED) is 0.0195. The van der Waals surface area contributed by atoms with Gasteiger partial charge in [0.05, 0.1) is 32.0 Å². The molecule has 1 aliphatic heterocycles. The number of allylic oxidation sites excluding steroid dienone is 7. The summed E-state index contributed by atoms with van der Waals surface area (Å²) in [6.07, 6.45) is 78.7. The van der Waals surface area contributed by atoms with Crippen LogP contribution in [0.15, 0.2) is 48.6 Å². The van der Waals surface area contributed by atoms with Crippen LogP contribution >= 0.6 is 0 Å². The molecule has 1 fully saturated rings. The molecule has 11 nitrogen and oxygen atoms in total. The summed E-state index contributed by atoms with van der Waals surface area (Å²) in [5.41, 5.74) is 0. The zero-order valence-corrected chi connectivity index (χ0v) is 58.2. The predicted molar refractivity (Wildman–Crippen MR) is 375 cm³/mol. The zero-order chi connectivity index (χ0) is 64.4. The summed E-state index contributed by atoms with van der Waals surface area (Å²) >= 11 is 0. The first-order valence-electron chi connectivity index (χ1n) is 38.4. The fraction of sp³-hybridized carbons (Fsp3) is 0.872. The van der Waals surface area contributed by atoms with Crippen LogP contribution in [0.25, 0.3) is 0 Å². The van der Waals surface area contributed by atoms with Gasteiger partial charge in [0.15, 0.2) is 6.29 Å². The van der Waals surface area contributed by atoms with Crippen LogP contribution in [0.2, 0.25) is 0 Å². The molecule has 1 rings (SSSR count). The van der Waals surface area contributed by atoms with Gasteiger partial charge < -0.3 is 45.1 Å². The first-order valence-corrected chi connectivity index (χ1v) is 38.4. The molecule has 1 saturated heterocycles. The first kappa shape index (κ1) is 84.6. The minimum Gasteiger partial charge on any atom is -0.466 e. The summed E-state index contributed by atoms with van der Waals surface area (Å²) in [4.78, 5) is 25.1. The third kappa shape index (κ3) is 55.8. The maximum atomic E-state index is 13.0. The molecule has 0 spiro atoms. The van der Waals surface area contributed by atoms with Gasteiger partial charge in [-0.2, -0.15) is 0 Å². The highest BCUT2D eigenvalue weighted by molar-refractivity contribution is 5.76. The van der Waals surface area contributed by atoms with Crippen LogP contribution in [0.5, 0.6) is 0 Å². The van der Waals surface area contributed by atoms with Gasteiger partial charge >= 0.3 is 5.97 Å². The lowest BCUT2D eigenvalue weighted by atomic mass is 9.99. The molecule has 1 heterocycles. The number of hydrogen-bond acceptors (Lipinski definition) is 10. The number of carbonyl (C=O) groups excluding carboxylic acids is 2. The lowest BCUT2D eigenvalue weighted by Crippen LogP contribution is -2.60. The van der Waals surface area contributed by atoms with Crippen LogP contribution in [0.3, 0.4) is 0 Å². The molecule has 1 aliphatic rings. The number of rotatable bonds is 68. The molecule has 89 heavy (non-hydrogen) atoms. The number of aliphatic hydroxyl groups excluding tert-OH is 5. The Labute approximate surface area is 548 Å². The van der Waals surface area contributed by atoms with E-state index in [-0.39, 0.29) is 18.5 Å². The molecule has 0 saturated carbocycles. The van der Waals surface area contributed by atoms with Crippen LogP contribution in [-0.2, 0) is 23.8 Å². The van der Waals surface area contributed by atoms with Gasteiger partial charge in [-0.15, -0.1) is 0 Å². The molecular weight excluding hydrogens is 1110 g/mol. The fourth-order valence-electron chi connectivity index (χ4n) is 12.1. The Hall–Kier alpha value is -2.38. The zero-order valence-electron chi connectivity index (χ0n) is 58.2. The van der Waals surface area contributed by atoms with Gasteiger partial charge in [0.2, 0.25) is 5.91 Å². The number of unbranched alkanes of at least 4 members (excludes halogenated alkanes) is 48. The van der Waals surface area contributed by atoms with E-state index in [1.54, 1.807) is 6.08 Å². The summed E-state index contributed by atoms with van der Waals surface area (Å²) in [6, 6.07) is -0.806. The van der Waals surface area contributed by atoms with Crippen LogP contribution in [0, 0.1) is 0 Å². The van der Waals surface area contributed by atoms with Crippen molar-refractivity contribution in [3.63, 3.8) is 0 Å². The summed E-state index contributed by atoms with van der Waals surface area (Å²) in [5, 5.41) is 54.3. The number of esters is 1. The second-order valence-electron chi connectivity index (χ2n) is 26.7. The van der Waals surface area contributed by atoms with Gasteiger partial charge in [-0.3, -0.25) is 9.59 Å². The van der Waals surface area contributed by atoms with E-state index in [1.165, 1.54) is 283 Å². The molecular formula is C78H145NO10. The van der Waals surface area contributed by atoms with E-state index < -0.39 is 49.5 Å². The van der Waals surface area contributed by atoms with E-state index in [9.17, 15) is 35.1 Å². The van der Waals surface area contributed by atoms with E-state index in [1.807, 2.05) is 6.08 Å². The van der Waals surface area contributed by atoms with Crippen LogP contribution in [0.1, 0.15) is 373 Å². The van der Waals surface area contributed by atoms with Crippen LogP contribution < -0.4 is 5.32 Å². The molecule has 522 valence electrons. The Bertz CT molecular complexity index is 1620. The van der Waals surface area contributed by atoms with Crippen molar-refractivity contribution in [2.75, 3.05) is 19.8 Å². The smallest absolute Gasteiger partial charge is 0.305 e. The first-order chi connectivity index (χ1) is 43.7. The van der Waals surface area contributed by atoms with E-state index >= 15 is 0 Å². The van der Waals surface area contributed by atoms with Crippen LogP contribution in [-0.4, -0.2) is 100 Å². The number of hydrogen-bond donors (Lipinski definition) is 6. The average Bonchev–Trinajstić information content (AvgIpc) is 2.50. The molecule has 0 radical (unpaired) electrons. The third-order valence-corrected chi connectivity index (χ3v) is 18.2. The van der Waals surface area contributed by atoms with E-state index in [0.717, 1.165) is 64.2 Å². The molecule has 0 aromatic carbocycles. The van der Waals surface area contributed by atoms with Gasteiger partial charge in [-0.25, -0.2) is 0 Å². The van der Waals surface area contributed by atoms with Crippen molar-refractivity contribution in [1.29, 1.82) is 0 Å². The average molecular weight is 1260 g/mol. The van der Waals surface area contributed by atoms with Crippen molar-refractivity contribution in [1.82, 2.24) is 5.32 Å². The molecule has 11 heteroatoms. The number of amides is 1. The van der Waals surface area contributed by atoms with Crippen molar-refractivity contribution in [2.45, 2.75) is 416 Å². The standard InChI is InChI=1S/C78H145NO10/c1-3-5-7-9-11-13-14-42-46-50-54-58-62-66-74(83)87-67-63-59-55-51-47-44-41-39-37-35-33-31-29-27-25-23-21-19-17-15-16-18-20-22-24-26-28-30-32-34-36-38-40-43-45-49-53-57-61-65-73(82)79-70(71(81)64-60-56-52-48-12-10-8-6-4-2)69-88-78-77(86)76(85)75(84)72(68-80)89-78/h13-16,19,21,60,64,70-72,75-78,80-81,84-86H,3-12,17-18,20,22-59,61-63,65-69H2,1-2H3,(H,79,82)/b14-13-,16-15-,21-19-,64-60+. The fourth-order valence-corrected chi connectivity index (χ4v) is 12.1. The van der Waals surface area contributed by atoms with Crippen molar-refractivity contribution in [3.05, 3.63) is 48.6 Å². The SMILES string of the molecule is CCCCCC/C=C\CCCCCCCC(=O)OCCCCCCCCCCCCCCCCC/C=C\C/C=C\CCCCCCCCCCCCCCCCCCCC(=O)NC(COC1OC(CO)C(O)C(O)C1O)C(O)/C=C/CCCCCCCCC. The van der Waals surface area contributed by atoms with Crippen molar-refractivity contribution in [2.24, 2.45) is 0 Å². The lowest BCUT2D eigenvalue weighted by molar-refractivity contribution is -0.302. The summed E-state index contributed by atoms with van der Waals surface area (Å²) in [5.74, 6) is -0.174. The van der Waals surface area contributed by atoms with Crippen molar-refractivity contribution >= 4 is 11.9 Å². The minimum atomic E-state index is -1.57. The summed E-state index contributed by atoms with van der Waals surface area (Å²) < 4.78 is 16.7. The second-order valence-corrected chi connectivity index (χ2v) is 26.7. The number of ether oxygens (including phenoxy) is 3. The molecule has 7 unspecified atom stereocenters. The van der Waals surface area contributed by atoms with Gasteiger partial charge in [-0.05, 0) is 89.9 Å². The summed E-state index contributed by atoms with van der Waals surface area (Å²) in [6.45, 7) is 4.33. The second kappa shape index (κ2) is 67.1. The van der Waals surface area contributed by atoms with Gasteiger partial charge in [0.25, 0.3) is 0 Å². The Kier molecular flexibility index (Phi) is 63.8. The summed E-state index contributed by atoms with van der Waals surface area (Å²) in [7, 11) is 0. The highest BCUT2D eigenvalue weighted by Crippen LogP contribution is 2.23. The molecule has 0 bridgehead atoms. The highest BCUT2D eigenvalue weighted by atomic mass is 16.7. The molecule has 1 amide bonds. The van der Waals surface area contributed by atoms with Crippen molar-refractivity contribution in [3.8, 4) is 0 Å². The Morgan fingerprint density at radius 2 is 0.753 bits per heavy atom. The molecule has 7 atom stereocenters. The highest BCUT2D eigenvalue weighted by Gasteiger charge is 2.44. The number of aliphatic hydroxyl groups is 5. The lowest BCUT2D eigenvalue weighted by Gasteiger charge is -2.40. The topological polar surface area (TPSA) is 175 Å². The Balaban J connectivity index is 1.87.